The fourth-order valence-corrected chi connectivity index (χ4v) is 2.46. The number of halogens is 1. The minimum Gasteiger partial charge on any atom is -0.493 e. The quantitative estimate of drug-likeness (QED) is 0.581. The van der Waals surface area contributed by atoms with Gasteiger partial charge in [0.2, 0.25) is 0 Å². The van der Waals surface area contributed by atoms with Gasteiger partial charge < -0.3 is 15.0 Å². The van der Waals surface area contributed by atoms with Crippen molar-refractivity contribution in [1.29, 1.82) is 0 Å². The van der Waals surface area contributed by atoms with E-state index in [-0.39, 0.29) is 5.56 Å². The largest absolute Gasteiger partial charge is 0.493 e. The van der Waals surface area contributed by atoms with E-state index in [1.165, 1.54) is 12.1 Å². The highest BCUT2D eigenvalue weighted by Gasteiger charge is 2.04. The molecule has 0 fully saturated rings. The van der Waals surface area contributed by atoms with Crippen LogP contribution in [0.3, 0.4) is 0 Å². The second kappa shape index (κ2) is 6.52. The number of ether oxygens (including phenoxy) is 1. The first-order valence-corrected chi connectivity index (χ1v) is 7.40. The minimum absolute atomic E-state index is 0.189. The van der Waals surface area contributed by atoms with Gasteiger partial charge in [-0.1, -0.05) is 12.1 Å². The normalized spacial score (nSPS) is 10.8. The summed E-state index contributed by atoms with van der Waals surface area (Å²) in [7, 11) is 0. The highest BCUT2D eigenvalue weighted by Crippen LogP contribution is 2.15. The lowest BCUT2D eigenvalue weighted by atomic mass is 10.1. The van der Waals surface area contributed by atoms with E-state index >= 15 is 0 Å². The van der Waals surface area contributed by atoms with Crippen LogP contribution in [0, 0.1) is 5.82 Å². The SMILES string of the molecule is Nc1cccc(OCCCn2ccc3ccc(F)cc3c2=O)c1. The Morgan fingerprint density at radius 3 is 2.83 bits per heavy atom. The first kappa shape index (κ1) is 15.1. The molecule has 0 saturated heterocycles. The minimum atomic E-state index is -0.405. The Morgan fingerprint density at radius 1 is 1.13 bits per heavy atom. The number of aryl methyl sites for hydroxylation is 1. The second-order valence-corrected chi connectivity index (χ2v) is 5.32. The number of anilines is 1. The summed E-state index contributed by atoms with van der Waals surface area (Å²) >= 11 is 0. The van der Waals surface area contributed by atoms with E-state index in [0.29, 0.717) is 36.4 Å². The van der Waals surface area contributed by atoms with Crippen molar-refractivity contribution in [3.63, 3.8) is 0 Å². The second-order valence-electron chi connectivity index (χ2n) is 5.32. The fourth-order valence-electron chi connectivity index (χ4n) is 2.46. The maximum Gasteiger partial charge on any atom is 0.258 e. The maximum atomic E-state index is 13.3. The molecule has 0 aliphatic carbocycles. The topological polar surface area (TPSA) is 57.2 Å². The van der Waals surface area contributed by atoms with Gasteiger partial charge in [-0.25, -0.2) is 4.39 Å². The van der Waals surface area contributed by atoms with Crippen molar-refractivity contribution in [3.05, 3.63) is 70.9 Å². The molecule has 0 saturated carbocycles. The van der Waals surface area contributed by atoms with Gasteiger partial charge in [-0.15, -0.1) is 0 Å². The molecule has 118 valence electrons. The standard InChI is InChI=1S/C18H17FN2O2/c19-14-6-5-13-7-9-21(18(22)17(13)11-14)8-2-10-23-16-4-1-3-15(20)12-16/h1,3-7,9,11-12H,2,8,10,20H2. The van der Waals surface area contributed by atoms with E-state index < -0.39 is 5.82 Å². The third-order valence-corrected chi connectivity index (χ3v) is 3.61. The zero-order chi connectivity index (χ0) is 16.2. The lowest BCUT2D eigenvalue weighted by Gasteiger charge is -2.09. The Balaban J connectivity index is 1.65. The van der Waals surface area contributed by atoms with Gasteiger partial charge >= 0.3 is 0 Å². The zero-order valence-electron chi connectivity index (χ0n) is 12.5. The summed E-state index contributed by atoms with van der Waals surface area (Å²) in [5.41, 5.74) is 6.14. The summed E-state index contributed by atoms with van der Waals surface area (Å²) in [6.45, 7) is 0.977. The van der Waals surface area contributed by atoms with Crippen molar-refractivity contribution in [2.45, 2.75) is 13.0 Å². The van der Waals surface area contributed by atoms with Crippen LogP contribution in [-0.4, -0.2) is 11.2 Å². The van der Waals surface area contributed by atoms with Crippen molar-refractivity contribution in [2.24, 2.45) is 0 Å². The predicted molar refractivity (Wildman–Crippen MR) is 89.1 cm³/mol. The molecule has 0 aliphatic heterocycles. The number of hydrogen-bond acceptors (Lipinski definition) is 3. The molecule has 0 aliphatic rings. The number of aromatic nitrogens is 1. The Hall–Kier alpha value is -2.82. The molecule has 1 heterocycles. The summed E-state index contributed by atoms with van der Waals surface area (Å²) in [6.07, 6.45) is 2.39. The molecule has 0 atom stereocenters. The van der Waals surface area contributed by atoms with Crippen LogP contribution in [0.2, 0.25) is 0 Å². The molecule has 0 unspecified atom stereocenters. The van der Waals surface area contributed by atoms with Crippen LogP contribution in [0.15, 0.2) is 59.5 Å². The average Bonchev–Trinajstić information content (AvgIpc) is 2.54. The number of nitrogens with two attached hydrogens (primary N) is 1. The number of hydrogen-bond donors (Lipinski definition) is 1. The van der Waals surface area contributed by atoms with Gasteiger partial charge in [0.15, 0.2) is 0 Å². The van der Waals surface area contributed by atoms with Crippen LogP contribution < -0.4 is 16.0 Å². The number of nitrogens with zero attached hydrogens (tertiary/aromatic N) is 1. The maximum absolute atomic E-state index is 13.3. The van der Waals surface area contributed by atoms with Crippen molar-refractivity contribution in [2.75, 3.05) is 12.3 Å². The van der Waals surface area contributed by atoms with Gasteiger partial charge in [0.05, 0.1) is 12.0 Å². The average molecular weight is 312 g/mol. The highest BCUT2D eigenvalue weighted by molar-refractivity contribution is 5.81. The summed E-state index contributed by atoms with van der Waals surface area (Å²) in [5.74, 6) is 0.301. The zero-order valence-corrected chi connectivity index (χ0v) is 12.5. The van der Waals surface area contributed by atoms with E-state index in [1.807, 2.05) is 18.2 Å². The van der Waals surface area contributed by atoms with Crippen LogP contribution in [0.5, 0.6) is 5.75 Å². The van der Waals surface area contributed by atoms with Gasteiger partial charge in [0.25, 0.3) is 5.56 Å². The number of nitrogen functional groups attached to an aromatic ring is 1. The molecular formula is C18H17FN2O2. The van der Waals surface area contributed by atoms with Gasteiger partial charge in [-0.3, -0.25) is 4.79 Å². The van der Waals surface area contributed by atoms with Crippen LogP contribution in [0.4, 0.5) is 10.1 Å². The third-order valence-electron chi connectivity index (χ3n) is 3.61. The Morgan fingerprint density at radius 2 is 2.00 bits per heavy atom. The summed E-state index contributed by atoms with van der Waals surface area (Å²) in [4.78, 5) is 12.3. The predicted octanol–water partition coefficient (Wildman–Crippen LogP) is 3.19. The fraction of sp³-hybridized carbons (Fsp3) is 0.167. The van der Waals surface area contributed by atoms with E-state index in [0.717, 1.165) is 5.39 Å². The van der Waals surface area contributed by atoms with Gasteiger partial charge in [0, 0.05) is 24.5 Å². The molecule has 3 aromatic rings. The lowest BCUT2D eigenvalue weighted by molar-refractivity contribution is 0.301. The van der Waals surface area contributed by atoms with Crippen LogP contribution >= 0.6 is 0 Å². The number of benzene rings is 2. The molecular weight excluding hydrogens is 295 g/mol. The molecule has 5 heteroatoms. The van der Waals surface area contributed by atoms with Crippen molar-refractivity contribution in [1.82, 2.24) is 4.57 Å². The molecule has 23 heavy (non-hydrogen) atoms. The third kappa shape index (κ3) is 3.51. The van der Waals surface area contributed by atoms with Crippen LogP contribution in [-0.2, 0) is 6.54 Å². The van der Waals surface area contributed by atoms with Gasteiger partial charge in [-0.05, 0) is 42.1 Å². The number of fused-ring (bicyclic) bond motifs is 1. The lowest BCUT2D eigenvalue weighted by Crippen LogP contribution is -2.20. The molecule has 0 amide bonds. The molecule has 0 bridgehead atoms. The van der Waals surface area contributed by atoms with Crippen LogP contribution in [0.1, 0.15) is 6.42 Å². The van der Waals surface area contributed by atoms with Crippen LogP contribution in [0.25, 0.3) is 10.8 Å². The van der Waals surface area contributed by atoms with Gasteiger partial charge in [0.1, 0.15) is 11.6 Å². The van der Waals surface area contributed by atoms with Crippen molar-refractivity contribution < 1.29 is 9.13 Å². The monoisotopic (exact) mass is 312 g/mol. The molecule has 1 aromatic heterocycles. The number of pyridine rings is 1. The van der Waals surface area contributed by atoms with E-state index in [4.69, 9.17) is 10.5 Å². The Bertz CT molecular complexity index is 890. The van der Waals surface area contributed by atoms with E-state index in [2.05, 4.69) is 0 Å². The molecule has 4 nitrogen and oxygen atoms in total. The van der Waals surface area contributed by atoms with E-state index in [9.17, 15) is 9.18 Å². The summed E-state index contributed by atoms with van der Waals surface area (Å²) < 4.78 is 20.5. The first-order chi connectivity index (χ1) is 11.1. The smallest absolute Gasteiger partial charge is 0.258 e. The Labute approximate surface area is 132 Å². The van der Waals surface area contributed by atoms with Crippen molar-refractivity contribution in [3.8, 4) is 5.75 Å². The van der Waals surface area contributed by atoms with E-state index in [1.54, 1.807) is 29.0 Å². The molecule has 2 aromatic carbocycles. The first-order valence-electron chi connectivity index (χ1n) is 7.40. The summed E-state index contributed by atoms with van der Waals surface area (Å²) in [6, 6.07) is 13.3. The molecule has 0 radical (unpaired) electrons. The van der Waals surface area contributed by atoms with Gasteiger partial charge in [-0.2, -0.15) is 0 Å². The molecule has 2 N–H and O–H groups in total. The Kier molecular flexibility index (Phi) is 4.28. The van der Waals surface area contributed by atoms with Crippen molar-refractivity contribution >= 4 is 16.5 Å². The number of rotatable bonds is 5. The molecule has 3 rings (SSSR count). The summed E-state index contributed by atoms with van der Waals surface area (Å²) in [5, 5.41) is 1.13. The highest BCUT2D eigenvalue weighted by atomic mass is 19.1. The molecule has 0 spiro atoms.